The summed E-state index contributed by atoms with van der Waals surface area (Å²) in [4.78, 5) is 18.0. The number of amides is 2. The largest absolute Gasteiger partial charge is 0.339 e. The number of rotatable bonds is 3. The van der Waals surface area contributed by atoms with Gasteiger partial charge in [-0.1, -0.05) is 5.16 Å². The van der Waals surface area contributed by atoms with Gasteiger partial charge in [0.05, 0.1) is 0 Å². The van der Waals surface area contributed by atoms with Crippen LogP contribution in [0.25, 0.3) is 0 Å². The lowest BCUT2D eigenvalue weighted by atomic mass is 10.1. The van der Waals surface area contributed by atoms with Gasteiger partial charge in [-0.05, 0) is 26.2 Å². The molecule has 0 bridgehead atoms. The standard InChI is InChI=1S/C12H18N4O2/c1-2-13-12(17)16-6-5-9(7-16)10-14-11(18-15-10)8-3-4-8/h8-9H,2-7H2,1H3,(H,13,17). The first-order valence-electron chi connectivity index (χ1n) is 6.64. The van der Waals surface area contributed by atoms with Crippen LogP contribution in [0.1, 0.15) is 49.7 Å². The lowest BCUT2D eigenvalue weighted by Gasteiger charge is -2.15. The number of urea groups is 1. The van der Waals surface area contributed by atoms with E-state index in [0.29, 0.717) is 19.0 Å². The summed E-state index contributed by atoms with van der Waals surface area (Å²) in [7, 11) is 0. The maximum atomic E-state index is 11.7. The molecule has 6 nitrogen and oxygen atoms in total. The molecule has 1 aromatic rings. The number of aromatic nitrogens is 2. The van der Waals surface area contributed by atoms with Crippen molar-refractivity contribution in [3.05, 3.63) is 11.7 Å². The molecule has 1 aromatic heterocycles. The topological polar surface area (TPSA) is 71.3 Å². The van der Waals surface area contributed by atoms with Crippen molar-refractivity contribution >= 4 is 6.03 Å². The molecule has 1 saturated carbocycles. The molecule has 2 aliphatic rings. The second kappa shape index (κ2) is 4.59. The normalized spacial score (nSPS) is 23.4. The van der Waals surface area contributed by atoms with Crippen LogP contribution in [0.5, 0.6) is 0 Å². The summed E-state index contributed by atoms with van der Waals surface area (Å²) in [5.41, 5.74) is 0. The molecule has 98 valence electrons. The van der Waals surface area contributed by atoms with E-state index in [4.69, 9.17) is 4.52 Å². The van der Waals surface area contributed by atoms with Gasteiger partial charge in [0.25, 0.3) is 0 Å². The SMILES string of the molecule is CCNC(=O)N1CCC(c2noc(C3CC3)n2)C1. The van der Waals surface area contributed by atoms with E-state index >= 15 is 0 Å². The van der Waals surface area contributed by atoms with Gasteiger partial charge in [-0.2, -0.15) is 4.98 Å². The molecule has 2 fully saturated rings. The van der Waals surface area contributed by atoms with Gasteiger partial charge in [0, 0.05) is 31.5 Å². The van der Waals surface area contributed by atoms with E-state index < -0.39 is 0 Å². The highest BCUT2D eigenvalue weighted by atomic mass is 16.5. The highest BCUT2D eigenvalue weighted by Gasteiger charge is 2.33. The number of carbonyl (C=O) groups excluding carboxylic acids is 1. The van der Waals surface area contributed by atoms with Crippen molar-refractivity contribution in [1.82, 2.24) is 20.4 Å². The summed E-state index contributed by atoms with van der Waals surface area (Å²) < 4.78 is 5.26. The fourth-order valence-corrected chi connectivity index (χ4v) is 2.33. The van der Waals surface area contributed by atoms with Crippen LogP contribution >= 0.6 is 0 Å². The predicted molar refractivity (Wildman–Crippen MR) is 64.3 cm³/mol. The van der Waals surface area contributed by atoms with Crippen molar-refractivity contribution < 1.29 is 9.32 Å². The van der Waals surface area contributed by atoms with E-state index in [1.807, 2.05) is 11.8 Å². The Morgan fingerprint density at radius 1 is 1.44 bits per heavy atom. The molecule has 0 radical (unpaired) electrons. The minimum atomic E-state index is 0.00547. The molecule has 1 N–H and O–H groups in total. The van der Waals surface area contributed by atoms with Crippen molar-refractivity contribution in [3.8, 4) is 0 Å². The van der Waals surface area contributed by atoms with Gasteiger partial charge in [-0.15, -0.1) is 0 Å². The fraction of sp³-hybridized carbons (Fsp3) is 0.750. The smallest absolute Gasteiger partial charge is 0.317 e. The maximum Gasteiger partial charge on any atom is 0.317 e. The molecule has 2 amide bonds. The highest BCUT2D eigenvalue weighted by molar-refractivity contribution is 5.74. The van der Waals surface area contributed by atoms with Crippen molar-refractivity contribution in [2.45, 2.75) is 38.0 Å². The fourth-order valence-electron chi connectivity index (χ4n) is 2.33. The quantitative estimate of drug-likeness (QED) is 0.881. The molecule has 1 aliphatic carbocycles. The predicted octanol–water partition coefficient (Wildman–Crippen LogP) is 1.47. The van der Waals surface area contributed by atoms with E-state index in [9.17, 15) is 4.79 Å². The molecule has 0 aromatic carbocycles. The van der Waals surface area contributed by atoms with Gasteiger partial charge in [0.2, 0.25) is 5.89 Å². The second-order valence-corrected chi connectivity index (χ2v) is 5.03. The zero-order valence-electron chi connectivity index (χ0n) is 10.6. The van der Waals surface area contributed by atoms with E-state index in [-0.39, 0.29) is 11.9 Å². The van der Waals surface area contributed by atoms with Crippen LogP contribution < -0.4 is 5.32 Å². The van der Waals surface area contributed by atoms with Crippen molar-refractivity contribution in [3.63, 3.8) is 0 Å². The minimum absolute atomic E-state index is 0.00547. The molecular weight excluding hydrogens is 232 g/mol. The molecule has 18 heavy (non-hydrogen) atoms. The minimum Gasteiger partial charge on any atom is -0.339 e. The van der Waals surface area contributed by atoms with Crippen LogP contribution in [0.2, 0.25) is 0 Å². The summed E-state index contributed by atoms with van der Waals surface area (Å²) >= 11 is 0. The summed E-state index contributed by atoms with van der Waals surface area (Å²) in [6.45, 7) is 4.04. The molecule has 0 spiro atoms. The van der Waals surface area contributed by atoms with Gasteiger partial charge in [-0.25, -0.2) is 4.79 Å². The molecule has 6 heteroatoms. The van der Waals surface area contributed by atoms with Crippen LogP contribution in [0.15, 0.2) is 4.52 Å². The lowest BCUT2D eigenvalue weighted by molar-refractivity contribution is 0.208. The molecule has 3 rings (SSSR count). The van der Waals surface area contributed by atoms with E-state index in [2.05, 4.69) is 15.5 Å². The van der Waals surface area contributed by atoms with E-state index in [1.165, 1.54) is 0 Å². The molecular formula is C12H18N4O2. The first-order chi connectivity index (χ1) is 8.78. The molecule has 1 atom stereocenters. The third-order valence-corrected chi connectivity index (χ3v) is 3.55. The Hall–Kier alpha value is -1.59. The van der Waals surface area contributed by atoms with Crippen LogP contribution in [0, 0.1) is 0 Å². The van der Waals surface area contributed by atoms with Crippen molar-refractivity contribution in [2.75, 3.05) is 19.6 Å². The summed E-state index contributed by atoms with van der Waals surface area (Å²) in [5, 5.41) is 6.87. The molecule has 1 aliphatic heterocycles. The molecule has 2 heterocycles. The van der Waals surface area contributed by atoms with Crippen LogP contribution in [-0.2, 0) is 0 Å². The van der Waals surface area contributed by atoms with E-state index in [0.717, 1.165) is 37.5 Å². The van der Waals surface area contributed by atoms with Gasteiger partial charge in [0.1, 0.15) is 0 Å². The Bertz CT molecular complexity index is 441. The lowest BCUT2D eigenvalue weighted by Crippen LogP contribution is -2.38. The van der Waals surface area contributed by atoms with Gasteiger partial charge >= 0.3 is 6.03 Å². The zero-order valence-corrected chi connectivity index (χ0v) is 10.6. The van der Waals surface area contributed by atoms with Crippen LogP contribution in [-0.4, -0.2) is 40.7 Å². The Kier molecular flexibility index (Phi) is 2.93. The third-order valence-electron chi connectivity index (χ3n) is 3.55. The summed E-state index contributed by atoms with van der Waals surface area (Å²) in [5.74, 6) is 2.26. The van der Waals surface area contributed by atoms with Gasteiger partial charge in [0.15, 0.2) is 5.82 Å². The number of nitrogens with one attached hydrogen (secondary N) is 1. The van der Waals surface area contributed by atoms with Gasteiger partial charge < -0.3 is 14.7 Å². The number of hydrogen-bond donors (Lipinski definition) is 1. The number of nitrogens with zero attached hydrogens (tertiary/aromatic N) is 3. The van der Waals surface area contributed by atoms with Crippen LogP contribution in [0.3, 0.4) is 0 Å². The second-order valence-electron chi connectivity index (χ2n) is 5.03. The molecule has 1 unspecified atom stereocenters. The zero-order chi connectivity index (χ0) is 12.5. The van der Waals surface area contributed by atoms with Gasteiger partial charge in [-0.3, -0.25) is 0 Å². The Morgan fingerprint density at radius 3 is 3.00 bits per heavy atom. The Labute approximate surface area is 106 Å². The van der Waals surface area contributed by atoms with Crippen molar-refractivity contribution in [1.29, 1.82) is 0 Å². The Morgan fingerprint density at radius 2 is 2.28 bits per heavy atom. The maximum absolute atomic E-state index is 11.7. The third kappa shape index (κ3) is 2.19. The Balaban J connectivity index is 1.61. The molecule has 1 saturated heterocycles. The van der Waals surface area contributed by atoms with E-state index in [1.54, 1.807) is 0 Å². The number of likely N-dealkylation sites (tertiary alicyclic amines) is 1. The summed E-state index contributed by atoms with van der Waals surface area (Å²) in [6.07, 6.45) is 3.25. The average molecular weight is 250 g/mol. The first kappa shape index (κ1) is 11.5. The average Bonchev–Trinajstić information content (AvgIpc) is 2.93. The monoisotopic (exact) mass is 250 g/mol. The number of carbonyl (C=O) groups is 1. The van der Waals surface area contributed by atoms with Crippen molar-refractivity contribution in [2.24, 2.45) is 0 Å². The number of hydrogen-bond acceptors (Lipinski definition) is 4. The highest BCUT2D eigenvalue weighted by Crippen LogP contribution is 2.39. The first-order valence-corrected chi connectivity index (χ1v) is 6.64. The van der Waals surface area contributed by atoms with Crippen LogP contribution in [0.4, 0.5) is 4.79 Å². The summed E-state index contributed by atoms with van der Waals surface area (Å²) in [6, 6.07) is 0.00547.